The van der Waals surface area contributed by atoms with E-state index in [9.17, 15) is 14.7 Å². The van der Waals surface area contributed by atoms with Gasteiger partial charge in [-0.1, -0.05) is 12.2 Å². The molecule has 4 aliphatic rings. The van der Waals surface area contributed by atoms with Gasteiger partial charge in [0, 0.05) is 37.8 Å². The molecule has 2 fully saturated rings. The minimum atomic E-state index is -0.252. The molecule has 0 radical (unpaired) electrons. The lowest BCUT2D eigenvalue weighted by Gasteiger charge is -2.40. The predicted molar refractivity (Wildman–Crippen MR) is 90.6 cm³/mol. The van der Waals surface area contributed by atoms with Gasteiger partial charge in [-0.3, -0.25) is 9.59 Å². The second-order valence-electron chi connectivity index (χ2n) is 7.51. The van der Waals surface area contributed by atoms with Crippen LogP contribution in [0, 0.1) is 30.6 Å². The lowest BCUT2D eigenvalue weighted by Crippen LogP contribution is -2.35. The van der Waals surface area contributed by atoms with Crippen molar-refractivity contribution in [2.24, 2.45) is 23.7 Å². The van der Waals surface area contributed by atoms with Crippen molar-refractivity contribution in [3.8, 4) is 5.75 Å². The Hall–Kier alpha value is -2.04. The van der Waals surface area contributed by atoms with Gasteiger partial charge in [-0.05, 0) is 49.5 Å². The topological polar surface area (TPSA) is 62.5 Å². The summed E-state index contributed by atoms with van der Waals surface area (Å²) in [5.74, 6) is 2.70. The average Bonchev–Trinajstić information content (AvgIpc) is 3.02. The Kier molecular flexibility index (Phi) is 3.74. The summed E-state index contributed by atoms with van der Waals surface area (Å²) < 4.78 is 1.56. The highest BCUT2D eigenvalue weighted by atomic mass is 16.3. The number of nitrogens with zero attached hydrogens (tertiary/aromatic N) is 2. The number of pyridine rings is 1. The number of hydrogen-bond acceptors (Lipinski definition) is 3. The molecule has 0 spiro atoms. The van der Waals surface area contributed by atoms with Gasteiger partial charge in [0.05, 0.1) is 0 Å². The van der Waals surface area contributed by atoms with E-state index < -0.39 is 0 Å². The number of allylic oxidation sites excluding steroid dienone is 2. The normalized spacial score (nSPS) is 30.6. The van der Waals surface area contributed by atoms with Crippen LogP contribution in [0.25, 0.3) is 0 Å². The first kappa shape index (κ1) is 15.5. The number of carbonyl (C=O) groups is 1. The number of carbonyl (C=O) groups excluding carboxylic acids is 1. The van der Waals surface area contributed by atoms with Crippen molar-refractivity contribution < 1.29 is 9.90 Å². The third-order valence-electron chi connectivity index (χ3n) is 6.17. The number of likely N-dealkylation sites (tertiary alicyclic amines) is 1. The molecule has 5 heteroatoms. The van der Waals surface area contributed by atoms with E-state index in [4.69, 9.17) is 0 Å². The van der Waals surface area contributed by atoms with Gasteiger partial charge >= 0.3 is 0 Å². The second kappa shape index (κ2) is 5.80. The standard InChI is InChI=1S/C19H24N2O3/c1-12-8-15(22)9-19(24)21(12)7-6-18(23)20-10-16-13-2-3-14(5-4-13)17(16)11-20/h2-3,8-9,13-14,16-17,22H,4-7,10-11H2,1H3. The molecule has 2 heterocycles. The molecule has 1 amide bonds. The van der Waals surface area contributed by atoms with Gasteiger partial charge < -0.3 is 14.6 Å². The van der Waals surface area contributed by atoms with Crippen LogP contribution in [0.5, 0.6) is 5.75 Å². The van der Waals surface area contributed by atoms with Gasteiger partial charge in [0.25, 0.3) is 5.56 Å². The number of hydrogen-bond donors (Lipinski definition) is 1. The fourth-order valence-corrected chi connectivity index (χ4v) is 4.90. The van der Waals surface area contributed by atoms with Gasteiger partial charge in [-0.2, -0.15) is 0 Å². The molecule has 1 aromatic heterocycles. The van der Waals surface area contributed by atoms with Crippen LogP contribution in [0.2, 0.25) is 0 Å². The Morgan fingerprint density at radius 2 is 1.79 bits per heavy atom. The summed E-state index contributed by atoms with van der Waals surface area (Å²) in [6.45, 7) is 3.90. The number of fused-ring (bicyclic) bond motifs is 1. The highest BCUT2D eigenvalue weighted by molar-refractivity contribution is 5.76. The molecule has 5 nitrogen and oxygen atoms in total. The first-order valence-electron chi connectivity index (χ1n) is 8.89. The molecule has 128 valence electrons. The molecular weight excluding hydrogens is 304 g/mol. The number of amides is 1. The maximum atomic E-state index is 12.6. The zero-order valence-electron chi connectivity index (χ0n) is 14.0. The Morgan fingerprint density at radius 1 is 1.17 bits per heavy atom. The second-order valence-corrected chi connectivity index (χ2v) is 7.51. The molecule has 1 saturated heterocycles. The van der Waals surface area contributed by atoms with Crippen LogP contribution in [-0.4, -0.2) is 33.6 Å². The largest absolute Gasteiger partial charge is 0.508 e. The highest BCUT2D eigenvalue weighted by Gasteiger charge is 2.46. The van der Waals surface area contributed by atoms with Crippen molar-refractivity contribution in [1.29, 1.82) is 0 Å². The molecule has 3 aliphatic carbocycles. The first-order valence-corrected chi connectivity index (χ1v) is 8.89. The number of aryl methyl sites for hydroxylation is 1. The molecule has 1 aliphatic heterocycles. The van der Waals surface area contributed by atoms with Crippen LogP contribution in [-0.2, 0) is 11.3 Å². The van der Waals surface area contributed by atoms with E-state index in [1.165, 1.54) is 18.9 Å². The smallest absolute Gasteiger partial charge is 0.254 e. The quantitative estimate of drug-likeness (QED) is 0.862. The van der Waals surface area contributed by atoms with Crippen molar-refractivity contribution in [1.82, 2.24) is 9.47 Å². The molecular formula is C19H24N2O3. The molecule has 4 atom stereocenters. The van der Waals surface area contributed by atoms with Crippen LogP contribution in [0.15, 0.2) is 29.1 Å². The third-order valence-corrected chi connectivity index (χ3v) is 6.17. The lowest BCUT2D eigenvalue weighted by atomic mass is 9.64. The minimum Gasteiger partial charge on any atom is -0.508 e. The van der Waals surface area contributed by atoms with E-state index >= 15 is 0 Å². The minimum absolute atomic E-state index is 0.0216. The van der Waals surface area contributed by atoms with Crippen molar-refractivity contribution in [3.63, 3.8) is 0 Å². The lowest BCUT2D eigenvalue weighted by molar-refractivity contribution is -0.130. The fraction of sp³-hybridized carbons (Fsp3) is 0.579. The first-order chi connectivity index (χ1) is 11.5. The van der Waals surface area contributed by atoms with Crippen LogP contribution in [0.1, 0.15) is 25.0 Å². The molecule has 1 saturated carbocycles. The van der Waals surface area contributed by atoms with Crippen molar-refractivity contribution in [3.05, 3.63) is 40.3 Å². The zero-order chi connectivity index (χ0) is 16.8. The van der Waals surface area contributed by atoms with Gasteiger partial charge in [0.15, 0.2) is 0 Å². The third kappa shape index (κ3) is 2.56. The van der Waals surface area contributed by atoms with E-state index in [0.717, 1.165) is 13.1 Å². The summed E-state index contributed by atoms with van der Waals surface area (Å²) in [6, 6.07) is 2.75. The summed E-state index contributed by atoms with van der Waals surface area (Å²) in [7, 11) is 0. The maximum absolute atomic E-state index is 12.6. The predicted octanol–water partition coefficient (Wildman–Crippen LogP) is 1.92. The summed E-state index contributed by atoms with van der Waals surface area (Å²) >= 11 is 0. The van der Waals surface area contributed by atoms with Crippen molar-refractivity contribution in [2.45, 2.75) is 32.7 Å². The van der Waals surface area contributed by atoms with E-state index in [0.29, 0.717) is 42.3 Å². The van der Waals surface area contributed by atoms with Crippen LogP contribution in [0.3, 0.4) is 0 Å². The van der Waals surface area contributed by atoms with E-state index in [-0.39, 0.29) is 17.2 Å². The van der Waals surface area contributed by atoms with Crippen molar-refractivity contribution in [2.75, 3.05) is 13.1 Å². The molecule has 1 N–H and O–H groups in total. The van der Waals surface area contributed by atoms with E-state index in [2.05, 4.69) is 12.2 Å². The van der Waals surface area contributed by atoms with Crippen molar-refractivity contribution >= 4 is 5.91 Å². The Morgan fingerprint density at radius 3 is 2.33 bits per heavy atom. The van der Waals surface area contributed by atoms with Gasteiger partial charge in [-0.25, -0.2) is 0 Å². The molecule has 0 aromatic carbocycles. The molecule has 5 rings (SSSR count). The van der Waals surface area contributed by atoms with E-state index in [1.807, 2.05) is 4.90 Å². The van der Waals surface area contributed by atoms with Crippen LogP contribution >= 0.6 is 0 Å². The van der Waals surface area contributed by atoms with Gasteiger partial charge in [0.2, 0.25) is 5.91 Å². The molecule has 4 unspecified atom stereocenters. The van der Waals surface area contributed by atoms with Crippen LogP contribution < -0.4 is 5.56 Å². The Bertz CT molecular complexity index is 729. The summed E-state index contributed by atoms with van der Waals surface area (Å²) in [4.78, 5) is 26.6. The Balaban J connectivity index is 1.41. The highest BCUT2D eigenvalue weighted by Crippen LogP contribution is 2.48. The number of rotatable bonds is 3. The summed E-state index contributed by atoms with van der Waals surface area (Å²) in [5.41, 5.74) is 0.433. The monoisotopic (exact) mass is 328 g/mol. The van der Waals surface area contributed by atoms with Gasteiger partial charge in [0.1, 0.15) is 5.75 Å². The SMILES string of the molecule is Cc1cc(O)cc(=O)n1CCC(=O)N1CC2C3C=CC(CC3)C2C1. The molecule has 24 heavy (non-hydrogen) atoms. The summed E-state index contributed by atoms with van der Waals surface area (Å²) in [5, 5.41) is 9.45. The maximum Gasteiger partial charge on any atom is 0.254 e. The van der Waals surface area contributed by atoms with Gasteiger partial charge in [-0.15, -0.1) is 0 Å². The average molecular weight is 328 g/mol. The Labute approximate surface area is 141 Å². The number of aromatic nitrogens is 1. The summed E-state index contributed by atoms with van der Waals surface area (Å²) in [6.07, 6.45) is 7.61. The number of aromatic hydroxyl groups is 1. The fourth-order valence-electron chi connectivity index (χ4n) is 4.90. The molecule has 1 aromatic rings. The van der Waals surface area contributed by atoms with E-state index in [1.54, 1.807) is 17.6 Å². The van der Waals surface area contributed by atoms with Crippen LogP contribution in [0.4, 0.5) is 0 Å². The zero-order valence-corrected chi connectivity index (χ0v) is 14.0. The molecule has 2 bridgehead atoms.